The van der Waals surface area contributed by atoms with Gasteiger partial charge in [0, 0.05) is 42.0 Å². The maximum atomic E-state index is 12.4. The van der Waals surface area contributed by atoms with Crippen LogP contribution in [0.3, 0.4) is 0 Å². The van der Waals surface area contributed by atoms with E-state index in [1.807, 2.05) is 24.3 Å². The Morgan fingerprint density at radius 3 is 2.47 bits per heavy atom. The summed E-state index contributed by atoms with van der Waals surface area (Å²) in [5.41, 5.74) is 2.06. The van der Waals surface area contributed by atoms with Gasteiger partial charge in [-0.25, -0.2) is 4.98 Å². The maximum absolute atomic E-state index is 12.4. The van der Waals surface area contributed by atoms with Gasteiger partial charge in [0.15, 0.2) is 0 Å². The van der Waals surface area contributed by atoms with Gasteiger partial charge in [0.25, 0.3) is 5.91 Å². The molecule has 2 atom stereocenters. The molecule has 32 heavy (non-hydrogen) atoms. The molecule has 2 unspecified atom stereocenters. The molecule has 1 fully saturated rings. The van der Waals surface area contributed by atoms with Crippen LogP contribution in [0, 0.1) is 11.8 Å². The van der Waals surface area contributed by atoms with Crippen LogP contribution < -0.4 is 20.1 Å². The summed E-state index contributed by atoms with van der Waals surface area (Å²) in [6.45, 7) is 2.40. The molecule has 3 aromatic rings. The molecule has 0 bridgehead atoms. The van der Waals surface area contributed by atoms with Crippen LogP contribution in [0.4, 0.5) is 5.69 Å². The molecule has 7 nitrogen and oxygen atoms in total. The third kappa shape index (κ3) is 5.43. The number of amides is 2. The molecular weight excluding hydrogens is 406 g/mol. The van der Waals surface area contributed by atoms with E-state index in [4.69, 9.17) is 9.47 Å². The summed E-state index contributed by atoms with van der Waals surface area (Å²) in [6.07, 6.45) is 2.60. The first-order chi connectivity index (χ1) is 15.5. The molecule has 7 heteroatoms. The molecule has 0 spiro atoms. The summed E-state index contributed by atoms with van der Waals surface area (Å²) in [5, 5.41) is 5.76. The molecule has 2 amide bonds. The van der Waals surface area contributed by atoms with Gasteiger partial charge in [-0.15, -0.1) is 0 Å². The second-order valence-electron chi connectivity index (χ2n) is 7.85. The third-order valence-electron chi connectivity index (χ3n) is 5.38. The normalized spacial score (nSPS) is 16.7. The molecule has 1 aliphatic carbocycles. The summed E-state index contributed by atoms with van der Waals surface area (Å²) in [6, 6.07) is 17.8. The van der Waals surface area contributed by atoms with E-state index < -0.39 is 0 Å². The number of benzene rings is 2. The number of nitrogens with one attached hydrogen (secondary N) is 2. The highest BCUT2D eigenvalue weighted by molar-refractivity contribution is 5.96. The fraction of sp³-hybridized carbons (Fsp3) is 0.240. The van der Waals surface area contributed by atoms with Gasteiger partial charge < -0.3 is 20.1 Å². The number of nitrogens with zero attached hydrogens (tertiary/aromatic N) is 1. The Balaban J connectivity index is 1.27. The molecule has 1 heterocycles. The van der Waals surface area contributed by atoms with Gasteiger partial charge >= 0.3 is 0 Å². The van der Waals surface area contributed by atoms with E-state index in [9.17, 15) is 9.59 Å². The van der Waals surface area contributed by atoms with Crippen LogP contribution in [0.25, 0.3) is 0 Å². The predicted molar refractivity (Wildman–Crippen MR) is 121 cm³/mol. The number of hydrogen-bond donors (Lipinski definition) is 2. The minimum absolute atomic E-state index is 0.0426. The van der Waals surface area contributed by atoms with Gasteiger partial charge in [0.1, 0.15) is 11.5 Å². The van der Waals surface area contributed by atoms with Gasteiger partial charge in [-0.2, -0.15) is 0 Å². The molecule has 2 aromatic carbocycles. The van der Waals surface area contributed by atoms with Crippen LogP contribution >= 0.6 is 0 Å². The monoisotopic (exact) mass is 431 g/mol. The lowest BCUT2D eigenvalue weighted by Crippen LogP contribution is -2.23. The summed E-state index contributed by atoms with van der Waals surface area (Å²) >= 11 is 0. The minimum atomic E-state index is -0.199. The number of carbonyl (C=O) groups is 2. The van der Waals surface area contributed by atoms with Crippen molar-refractivity contribution in [1.82, 2.24) is 10.3 Å². The average molecular weight is 431 g/mol. The number of rotatable bonds is 8. The molecule has 2 N–H and O–H groups in total. The van der Waals surface area contributed by atoms with Gasteiger partial charge in [0.05, 0.1) is 7.11 Å². The fourth-order valence-electron chi connectivity index (χ4n) is 3.27. The standard InChI is InChI=1S/C25H25N3O4/c1-16-12-22(16)25(30)28-19-9-7-18(8-10-19)24(29)27-15-17-6-11-23(26-14-17)32-21-5-3-4-20(13-21)31-2/h3-11,13-14,16,22H,12,15H2,1-2H3,(H,27,29)(H,28,30). The van der Waals surface area contributed by atoms with Crippen molar-refractivity contribution < 1.29 is 19.1 Å². The van der Waals surface area contributed by atoms with Crippen LogP contribution in [0.2, 0.25) is 0 Å². The first kappa shape index (κ1) is 21.4. The van der Waals surface area contributed by atoms with Crippen molar-refractivity contribution in [2.75, 3.05) is 12.4 Å². The van der Waals surface area contributed by atoms with Crippen LogP contribution in [-0.4, -0.2) is 23.9 Å². The average Bonchev–Trinajstić information content (AvgIpc) is 3.56. The zero-order valence-electron chi connectivity index (χ0n) is 18.0. The zero-order valence-corrected chi connectivity index (χ0v) is 18.0. The number of anilines is 1. The smallest absolute Gasteiger partial charge is 0.251 e. The van der Waals surface area contributed by atoms with Crippen molar-refractivity contribution in [3.05, 3.63) is 78.0 Å². The van der Waals surface area contributed by atoms with E-state index >= 15 is 0 Å². The van der Waals surface area contributed by atoms with Crippen molar-refractivity contribution >= 4 is 17.5 Å². The second-order valence-corrected chi connectivity index (χ2v) is 7.85. The van der Waals surface area contributed by atoms with Crippen molar-refractivity contribution in [2.24, 2.45) is 11.8 Å². The Hall–Kier alpha value is -3.87. The van der Waals surface area contributed by atoms with Crippen molar-refractivity contribution in [2.45, 2.75) is 19.9 Å². The summed E-state index contributed by atoms with van der Waals surface area (Å²) in [5.74, 6) is 2.19. The molecule has 1 saturated carbocycles. The number of carbonyl (C=O) groups excluding carboxylic acids is 2. The van der Waals surface area contributed by atoms with Crippen LogP contribution in [0.15, 0.2) is 66.9 Å². The number of ether oxygens (including phenoxy) is 2. The number of pyridine rings is 1. The topological polar surface area (TPSA) is 89.5 Å². The van der Waals surface area contributed by atoms with E-state index in [0.717, 1.165) is 12.0 Å². The highest BCUT2D eigenvalue weighted by Crippen LogP contribution is 2.38. The minimum Gasteiger partial charge on any atom is -0.497 e. The maximum Gasteiger partial charge on any atom is 0.251 e. The quantitative estimate of drug-likeness (QED) is 0.552. The summed E-state index contributed by atoms with van der Waals surface area (Å²) in [7, 11) is 1.60. The highest BCUT2D eigenvalue weighted by atomic mass is 16.5. The third-order valence-corrected chi connectivity index (χ3v) is 5.38. The summed E-state index contributed by atoms with van der Waals surface area (Å²) < 4.78 is 10.9. The zero-order chi connectivity index (χ0) is 22.5. The van der Waals surface area contributed by atoms with Crippen molar-refractivity contribution in [3.63, 3.8) is 0 Å². The highest BCUT2D eigenvalue weighted by Gasteiger charge is 2.39. The van der Waals surface area contributed by atoms with E-state index in [-0.39, 0.29) is 17.7 Å². The SMILES string of the molecule is COc1cccc(Oc2ccc(CNC(=O)c3ccc(NC(=O)C4CC4C)cc3)cn2)c1. The van der Waals surface area contributed by atoms with E-state index in [0.29, 0.717) is 41.1 Å². The summed E-state index contributed by atoms with van der Waals surface area (Å²) in [4.78, 5) is 28.7. The van der Waals surface area contributed by atoms with Crippen molar-refractivity contribution in [1.29, 1.82) is 0 Å². The molecule has 164 valence electrons. The number of hydrogen-bond acceptors (Lipinski definition) is 5. The molecule has 4 rings (SSSR count). The molecule has 0 saturated heterocycles. The van der Waals surface area contributed by atoms with Crippen LogP contribution in [0.5, 0.6) is 17.4 Å². The first-order valence-electron chi connectivity index (χ1n) is 10.5. The van der Waals surface area contributed by atoms with Crippen molar-refractivity contribution in [3.8, 4) is 17.4 Å². The molecule has 0 aliphatic heterocycles. The van der Waals surface area contributed by atoms with E-state index in [1.165, 1.54) is 0 Å². The Morgan fingerprint density at radius 2 is 1.81 bits per heavy atom. The van der Waals surface area contributed by atoms with Gasteiger partial charge in [-0.05, 0) is 54.3 Å². The van der Waals surface area contributed by atoms with E-state index in [1.54, 1.807) is 49.7 Å². The van der Waals surface area contributed by atoms with Crippen LogP contribution in [-0.2, 0) is 11.3 Å². The number of aromatic nitrogens is 1. The largest absolute Gasteiger partial charge is 0.497 e. The molecular formula is C25H25N3O4. The Labute approximate surface area is 186 Å². The number of methoxy groups -OCH3 is 1. The molecule has 1 aliphatic rings. The lowest BCUT2D eigenvalue weighted by molar-refractivity contribution is -0.117. The predicted octanol–water partition coefficient (Wildman–Crippen LogP) is 4.41. The Bertz CT molecular complexity index is 1100. The van der Waals surface area contributed by atoms with Crippen LogP contribution in [0.1, 0.15) is 29.3 Å². The molecule has 0 radical (unpaired) electrons. The lowest BCUT2D eigenvalue weighted by Gasteiger charge is -2.09. The first-order valence-corrected chi connectivity index (χ1v) is 10.5. The Morgan fingerprint density at radius 1 is 1.06 bits per heavy atom. The fourth-order valence-corrected chi connectivity index (χ4v) is 3.27. The Kier molecular flexibility index (Phi) is 6.35. The lowest BCUT2D eigenvalue weighted by atomic mass is 10.2. The molecule has 1 aromatic heterocycles. The van der Waals surface area contributed by atoms with Gasteiger partial charge in [-0.1, -0.05) is 19.1 Å². The second kappa shape index (κ2) is 9.51. The van der Waals surface area contributed by atoms with E-state index in [2.05, 4.69) is 22.5 Å². The van der Waals surface area contributed by atoms with Gasteiger partial charge in [-0.3, -0.25) is 9.59 Å². The van der Waals surface area contributed by atoms with Gasteiger partial charge in [0.2, 0.25) is 11.8 Å².